The van der Waals surface area contributed by atoms with Crippen molar-refractivity contribution in [3.8, 4) is 56.2 Å². The van der Waals surface area contributed by atoms with E-state index in [0.717, 1.165) is 100 Å². The van der Waals surface area contributed by atoms with Gasteiger partial charge in [0, 0.05) is 38.4 Å². The lowest BCUT2D eigenvalue weighted by atomic mass is 9.93. The number of rotatable bonds is 8. The molecule has 3 heterocycles. The van der Waals surface area contributed by atoms with Gasteiger partial charge in [-0.1, -0.05) is 134 Å². The Morgan fingerprint density at radius 3 is 1.75 bits per heavy atom. The van der Waals surface area contributed by atoms with Crippen molar-refractivity contribution in [1.82, 2.24) is 9.97 Å². The summed E-state index contributed by atoms with van der Waals surface area (Å²) in [7, 11) is 0. The molecule has 3 aromatic heterocycles. The van der Waals surface area contributed by atoms with Gasteiger partial charge in [-0.25, -0.2) is 9.97 Å². The number of fused-ring (bicyclic) bond motifs is 4. The second kappa shape index (κ2) is 14.3. The Balaban J connectivity index is 1.17. The van der Waals surface area contributed by atoms with E-state index in [4.69, 9.17) is 18.8 Å². The van der Waals surface area contributed by atoms with Gasteiger partial charge < -0.3 is 8.83 Å². The highest BCUT2D eigenvalue weighted by Gasteiger charge is 2.16. The van der Waals surface area contributed by atoms with Crippen LogP contribution in [-0.2, 0) is 0 Å². The van der Waals surface area contributed by atoms with Gasteiger partial charge in [-0.05, 0) is 101 Å². The molecule has 0 aliphatic carbocycles. The number of nitrogens with zero attached hydrogens (tertiary/aromatic N) is 2. The maximum Gasteiger partial charge on any atom is 0.160 e. The predicted octanol–water partition coefficient (Wildman–Crippen LogP) is 14.7. The minimum absolute atomic E-state index is 0.668. The van der Waals surface area contributed by atoms with Crippen LogP contribution in [0.15, 0.2) is 191 Å². The molecular weight excluding hydrogens is 697 g/mol. The zero-order valence-corrected chi connectivity index (χ0v) is 31.3. The average molecular weight is 733 g/mol. The quantitative estimate of drug-likeness (QED) is 0.156. The summed E-state index contributed by atoms with van der Waals surface area (Å²) in [6.07, 6.45) is 3.99. The maximum atomic E-state index is 6.21. The summed E-state index contributed by atoms with van der Waals surface area (Å²) in [5.74, 6) is 1.41. The van der Waals surface area contributed by atoms with Gasteiger partial charge >= 0.3 is 0 Å². The van der Waals surface area contributed by atoms with Gasteiger partial charge in [0.15, 0.2) is 5.82 Å². The lowest BCUT2D eigenvalue weighted by molar-refractivity contribution is 0.603. The molecule has 0 saturated carbocycles. The second-order valence-electron chi connectivity index (χ2n) is 14.3. The van der Waals surface area contributed by atoms with Gasteiger partial charge in [0.25, 0.3) is 0 Å². The molecule has 4 nitrogen and oxygen atoms in total. The zero-order chi connectivity index (χ0) is 38.3. The van der Waals surface area contributed by atoms with Crippen molar-refractivity contribution in [3.05, 3.63) is 199 Å². The van der Waals surface area contributed by atoms with Gasteiger partial charge in [0.05, 0.1) is 11.4 Å². The van der Waals surface area contributed by atoms with Gasteiger partial charge in [0.1, 0.15) is 22.5 Å². The summed E-state index contributed by atoms with van der Waals surface area (Å²) in [6.45, 7) is 6.21. The molecule has 0 atom stereocenters. The molecule has 0 unspecified atom stereocenters. The van der Waals surface area contributed by atoms with Crippen molar-refractivity contribution < 1.29 is 8.83 Å². The van der Waals surface area contributed by atoms with Crippen molar-refractivity contribution in [2.75, 3.05) is 0 Å². The number of hydrogen-bond donors (Lipinski definition) is 0. The Morgan fingerprint density at radius 2 is 1.02 bits per heavy atom. The molecule has 57 heavy (non-hydrogen) atoms. The van der Waals surface area contributed by atoms with Gasteiger partial charge in [-0.2, -0.15) is 0 Å². The Hall–Kier alpha value is -7.56. The Bertz CT molecular complexity index is 3130. The highest BCUT2D eigenvalue weighted by atomic mass is 16.3. The lowest BCUT2D eigenvalue weighted by Gasteiger charge is -2.14. The number of furan rings is 2. The highest BCUT2D eigenvalue weighted by Crippen LogP contribution is 2.38. The summed E-state index contributed by atoms with van der Waals surface area (Å²) in [5.41, 5.74) is 14.8. The third-order valence-electron chi connectivity index (χ3n) is 10.6. The van der Waals surface area contributed by atoms with Crippen LogP contribution in [0.5, 0.6) is 0 Å². The fraction of sp³-hybridized carbons (Fsp3) is 0.0189. The summed E-state index contributed by atoms with van der Waals surface area (Å²) in [6, 6.07) is 60.9. The molecule has 270 valence electrons. The highest BCUT2D eigenvalue weighted by molar-refractivity contribution is 6.06. The van der Waals surface area contributed by atoms with Crippen LogP contribution >= 0.6 is 0 Å². The molecule has 0 radical (unpaired) electrons. The van der Waals surface area contributed by atoms with E-state index in [2.05, 4.69) is 141 Å². The summed E-state index contributed by atoms with van der Waals surface area (Å²) < 4.78 is 12.4. The van der Waals surface area contributed by atoms with Gasteiger partial charge in [-0.3, -0.25) is 0 Å². The predicted molar refractivity (Wildman–Crippen MR) is 236 cm³/mol. The third kappa shape index (κ3) is 6.43. The molecule has 0 amide bonds. The molecule has 4 heteroatoms. The van der Waals surface area contributed by atoms with E-state index in [0.29, 0.717) is 5.82 Å². The summed E-state index contributed by atoms with van der Waals surface area (Å²) in [4.78, 5) is 10.4. The van der Waals surface area contributed by atoms with Crippen LogP contribution in [0.25, 0.3) is 107 Å². The van der Waals surface area contributed by atoms with E-state index in [-0.39, 0.29) is 0 Å². The molecule has 0 N–H and O–H groups in total. The van der Waals surface area contributed by atoms with Crippen LogP contribution in [0.4, 0.5) is 0 Å². The molecular formula is C53H36N2O2. The molecule has 10 rings (SSSR count). The van der Waals surface area contributed by atoms with E-state index in [1.807, 2.05) is 54.6 Å². The standard InChI is InChI=1S/C53H36N2O2/c1-3-49-45(43-18-10-12-20-50(43)56-49)28-34(2)40-29-41(39-26-27-52-46(32-39)44-19-11-13-21-51(44)57-52)31-42(30-40)48-33-47(54-53(55-48)38-16-8-5-9-17-38)37-24-22-36(23-25-37)35-14-6-4-7-15-35/h3-33H,1H2,2H3/b34-28+. The van der Waals surface area contributed by atoms with Gasteiger partial charge in [0.2, 0.25) is 0 Å². The van der Waals surface area contributed by atoms with Crippen LogP contribution in [0.1, 0.15) is 23.8 Å². The van der Waals surface area contributed by atoms with Crippen molar-refractivity contribution in [1.29, 1.82) is 0 Å². The topological polar surface area (TPSA) is 52.1 Å². The van der Waals surface area contributed by atoms with Crippen LogP contribution < -0.4 is 0 Å². The first-order valence-corrected chi connectivity index (χ1v) is 19.1. The second-order valence-corrected chi connectivity index (χ2v) is 14.3. The molecule has 0 fully saturated rings. The number of para-hydroxylation sites is 2. The maximum absolute atomic E-state index is 6.21. The van der Waals surface area contributed by atoms with E-state index in [1.54, 1.807) is 6.08 Å². The normalized spacial score (nSPS) is 11.8. The van der Waals surface area contributed by atoms with Gasteiger partial charge in [-0.15, -0.1) is 0 Å². The SMILES string of the molecule is C=Cc1oc2ccccc2c1/C=C(\C)c1cc(-c2ccc3oc4ccccc4c3c2)cc(-c2cc(-c3ccc(-c4ccccc4)cc3)nc(-c3ccccc3)n2)c1. The number of benzene rings is 7. The van der Waals surface area contributed by atoms with E-state index >= 15 is 0 Å². The Kier molecular flexibility index (Phi) is 8.50. The third-order valence-corrected chi connectivity index (χ3v) is 10.6. The van der Waals surface area contributed by atoms with Crippen LogP contribution in [0, 0.1) is 0 Å². The minimum atomic E-state index is 0.668. The number of hydrogen-bond acceptors (Lipinski definition) is 4. The smallest absolute Gasteiger partial charge is 0.160 e. The van der Waals surface area contributed by atoms with E-state index < -0.39 is 0 Å². The molecule has 10 aromatic rings. The Labute approximate surface area is 330 Å². The van der Waals surface area contributed by atoms with Crippen LogP contribution in [0.3, 0.4) is 0 Å². The lowest BCUT2D eigenvalue weighted by Crippen LogP contribution is -1.97. The fourth-order valence-electron chi connectivity index (χ4n) is 7.68. The number of allylic oxidation sites excluding steroid dienone is 1. The molecule has 0 aliphatic rings. The van der Waals surface area contributed by atoms with Crippen molar-refractivity contribution in [2.45, 2.75) is 6.92 Å². The van der Waals surface area contributed by atoms with Crippen molar-refractivity contribution in [2.24, 2.45) is 0 Å². The van der Waals surface area contributed by atoms with Crippen LogP contribution in [0.2, 0.25) is 0 Å². The van der Waals surface area contributed by atoms with Crippen molar-refractivity contribution >= 4 is 50.6 Å². The summed E-state index contributed by atoms with van der Waals surface area (Å²) >= 11 is 0. The average Bonchev–Trinajstić information content (AvgIpc) is 3.84. The monoisotopic (exact) mass is 732 g/mol. The zero-order valence-electron chi connectivity index (χ0n) is 31.3. The fourth-order valence-corrected chi connectivity index (χ4v) is 7.68. The molecule has 7 aromatic carbocycles. The molecule has 0 saturated heterocycles. The molecule has 0 bridgehead atoms. The largest absolute Gasteiger partial charge is 0.456 e. The first kappa shape index (κ1) is 34.0. The van der Waals surface area contributed by atoms with E-state index in [1.165, 1.54) is 5.56 Å². The first-order valence-electron chi connectivity index (χ1n) is 19.1. The Morgan fingerprint density at radius 1 is 0.456 bits per heavy atom. The molecule has 0 spiro atoms. The number of aromatic nitrogens is 2. The molecule has 0 aliphatic heterocycles. The van der Waals surface area contributed by atoms with Crippen LogP contribution in [-0.4, -0.2) is 9.97 Å². The summed E-state index contributed by atoms with van der Waals surface area (Å²) in [5, 5.41) is 3.22. The minimum Gasteiger partial charge on any atom is -0.456 e. The first-order chi connectivity index (χ1) is 28.1. The van der Waals surface area contributed by atoms with Crippen molar-refractivity contribution in [3.63, 3.8) is 0 Å². The van der Waals surface area contributed by atoms with E-state index in [9.17, 15) is 0 Å².